The zero-order valence-electron chi connectivity index (χ0n) is 14.3. The Labute approximate surface area is 150 Å². The lowest BCUT2D eigenvalue weighted by molar-refractivity contribution is 0.0696. The Hall–Kier alpha value is -2.46. The van der Waals surface area contributed by atoms with Crippen molar-refractivity contribution in [2.75, 3.05) is 19.3 Å². The standard InChI is InChI=1S/C16H20N4O5S/c1-26(24,25)19-6-2-3-12(9-19)8-18-11-14(7-17-18)20-10-13(16(22)23)4-5-15(20)21/h4-5,7,10-12H,2-3,6,8-9H2,1H3,(H,22,23)/t12-/m1/s1. The van der Waals surface area contributed by atoms with Crippen LogP contribution in [0.25, 0.3) is 5.69 Å². The Kier molecular flexibility index (Phi) is 4.97. The van der Waals surface area contributed by atoms with Gasteiger partial charge in [0, 0.05) is 38.1 Å². The molecule has 0 aliphatic carbocycles. The number of sulfonamides is 1. The molecule has 1 aliphatic rings. The summed E-state index contributed by atoms with van der Waals surface area (Å²) in [6.07, 6.45) is 7.32. The van der Waals surface area contributed by atoms with E-state index < -0.39 is 16.0 Å². The molecule has 0 radical (unpaired) electrons. The maximum Gasteiger partial charge on any atom is 0.337 e. The monoisotopic (exact) mass is 380 g/mol. The molecule has 140 valence electrons. The topological polar surface area (TPSA) is 115 Å². The van der Waals surface area contributed by atoms with Gasteiger partial charge in [0.1, 0.15) is 0 Å². The van der Waals surface area contributed by atoms with Gasteiger partial charge in [-0.15, -0.1) is 0 Å². The smallest absolute Gasteiger partial charge is 0.337 e. The highest BCUT2D eigenvalue weighted by Crippen LogP contribution is 2.20. The predicted octanol–water partition coefficient (Wildman–Crippen LogP) is 0.404. The second-order valence-corrected chi connectivity index (χ2v) is 8.46. The van der Waals surface area contributed by atoms with Gasteiger partial charge in [0.25, 0.3) is 5.56 Å². The van der Waals surface area contributed by atoms with Gasteiger partial charge in [0.05, 0.1) is 23.7 Å². The fourth-order valence-electron chi connectivity index (χ4n) is 3.13. The lowest BCUT2D eigenvalue weighted by Gasteiger charge is -2.30. The number of pyridine rings is 1. The Bertz CT molecular complexity index is 979. The van der Waals surface area contributed by atoms with Gasteiger partial charge in [-0.2, -0.15) is 5.10 Å². The number of rotatable bonds is 5. The van der Waals surface area contributed by atoms with E-state index in [9.17, 15) is 18.0 Å². The molecule has 2 aromatic heterocycles. The van der Waals surface area contributed by atoms with Crippen molar-refractivity contribution in [3.05, 3.63) is 46.6 Å². The molecule has 1 N–H and O–H groups in total. The highest BCUT2D eigenvalue weighted by atomic mass is 32.2. The molecule has 0 spiro atoms. The van der Waals surface area contributed by atoms with Crippen LogP contribution in [0.15, 0.2) is 35.5 Å². The number of aromatic carboxylic acids is 1. The number of hydrogen-bond donors (Lipinski definition) is 1. The summed E-state index contributed by atoms with van der Waals surface area (Å²) in [6.45, 7) is 1.51. The first-order valence-corrected chi connectivity index (χ1v) is 10.0. The van der Waals surface area contributed by atoms with Gasteiger partial charge in [-0.1, -0.05) is 0 Å². The molecule has 3 rings (SSSR count). The second kappa shape index (κ2) is 7.04. The molecule has 0 bridgehead atoms. The molecular formula is C16H20N4O5S. The van der Waals surface area contributed by atoms with Crippen molar-refractivity contribution in [3.63, 3.8) is 0 Å². The SMILES string of the molecule is CS(=O)(=O)N1CCC[C@H](Cn2cc(-n3cc(C(=O)O)ccc3=O)cn2)C1. The summed E-state index contributed by atoms with van der Waals surface area (Å²) < 4.78 is 27.8. The molecule has 0 aromatic carbocycles. The minimum atomic E-state index is -3.20. The second-order valence-electron chi connectivity index (χ2n) is 6.48. The van der Waals surface area contributed by atoms with Gasteiger partial charge in [-0.25, -0.2) is 17.5 Å². The number of aromatic nitrogens is 3. The van der Waals surface area contributed by atoms with Crippen molar-refractivity contribution in [1.29, 1.82) is 0 Å². The molecule has 26 heavy (non-hydrogen) atoms. The fourth-order valence-corrected chi connectivity index (χ4v) is 4.08. The van der Waals surface area contributed by atoms with Crippen molar-refractivity contribution >= 4 is 16.0 Å². The molecule has 0 unspecified atom stereocenters. The minimum absolute atomic E-state index is 0.00780. The van der Waals surface area contributed by atoms with Crippen LogP contribution in [0, 0.1) is 5.92 Å². The van der Waals surface area contributed by atoms with Gasteiger partial charge >= 0.3 is 5.97 Å². The lowest BCUT2D eigenvalue weighted by atomic mass is 10.00. The van der Waals surface area contributed by atoms with Gasteiger partial charge in [0.15, 0.2) is 0 Å². The largest absolute Gasteiger partial charge is 0.478 e. The molecule has 1 fully saturated rings. The lowest BCUT2D eigenvalue weighted by Crippen LogP contribution is -2.40. The third-order valence-corrected chi connectivity index (χ3v) is 5.72. The summed E-state index contributed by atoms with van der Waals surface area (Å²) in [5.41, 5.74) is 0.123. The molecular weight excluding hydrogens is 360 g/mol. The van der Waals surface area contributed by atoms with Crippen LogP contribution >= 0.6 is 0 Å². The Morgan fingerprint density at radius 3 is 2.81 bits per heavy atom. The van der Waals surface area contributed by atoms with E-state index in [2.05, 4.69) is 5.10 Å². The van der Waals surface area contributed by atoms with Crippen molar-refractivity contribution in [2.24, 2.45) is 5.92 Å². The van der Waals surface area contributed by atoms with Gasteiger partial charge in [0.2, 0.25) is 10.0 Å². The fraction of sp³-hybridized carbons (Fsp3) is 0.438. The van der Waals surface area contributed by atoms with Crippen LogP contribution in [0.2, 0.25) is 0 Å². The number of nitrogens with zero attached hydrogens (tertiary/aromatic N) is 4. The van der Waals surface area contributed by atoms with Crippen LogP contribution < -0.4 is 5.56 Å². The normalized spacial score (nSPS) is 18.7. The third-order valence-electron chi connectivity index (χ3n) is 4.45. The first-order valence-electron chi connectivity index (χ1n) is 8.18. The van der Waals surface area contributed by atoms with Crippen LogP contribution in [0.3, 0.4) is 0 Å². The van der Waals surface area contributed by atoms with E-state index in [-0.39, 0.29) is 17.0 Å². The molecule has 10 heteroatoms. The van der Waals surface area contributed by atoms with Crippen LogP contribution in [-0.2, 0) is 16.6 Å². The summed E-state index contributed by atoms with van der Waals surface area (Å²) in [7, 11) is -3.20. The quantitative estimate of drug-likeness (QED) is 0.803. The molecule has 9 nitrogen and oxygen atoms in total. The highest BCUT2D eigenvalue weighted by molar-refractivity contribution is 7.88. The number of carboxylic acids is 1. The maximum atomic E-state index is 12.0. The first kappa shape index (κ1) is 18.3. The number of carbonyl (C=O) groups is 1. The van der Waals surface area contributed by atoms with Crippen molar-refractivity contribution < 1.29 is 18.3 Å². The molecule has 0 amide bonds. The van der Waals surface area contributed by atoms with E-state index in [1.54, 1.807) is 10.9 Å². The van der Waals surface area contributed by atoms with Crippen LogP contribution in [0.5, 0.6) is 0 Å². The predicted molar refractivity (Wildman–Crippen MR) is 93.9 cm³/mol. The average Bonchev–Trinajstić information content (AvgIpc) is 3.02. The summed E-state index contributed by atoms with van der Waals surface area (Å²) in [6, 6.07) is 2.46. The van der Waals surface area contributed by atoms with Crippen LogP contribution in [0.4, 0.5) is 0 Å². The highest BCUT2D eigenvalue weighted by Gasteiger charge is 2.26. The molecule has 1 saturated heterocycles. The Morgan fingerprint density at radius 1 is 1.35 bits per heavy atom. The molecule has 0 saturated carbocycles. The number of hydrogen-bond acceptors (Lipinski definition) is 5. The summed E-state index contributed by atoms with van der Waals surface area (Å²) in [5.74, 6) is -0.984. The number of carboxylic acid groups (broad SMARTS) is 1. The van der Waals surface area contributed by atoms with Crippen LogP contribution in [0.1, 0.15) is 23.2 Å². The summed E-state index contributed by atoms with van der Waals surface area (Å²) in [4.78, 5) is 23.1. The van der Waals surface area contributed by atoms with E-state index in [1.165, 1.54) is 39.7 Å². The molecule has 1 atom stereocenters. The number of piperidine rings is 1. The Balaban J connectivity index is 1.78. The molecule has 1 aliphatic heterocycles. The van der Waals surface area contributed by atoms with Crippen molar-refractivity contribution in [1.82, 2.24) is 18.7 Å². The van der Waals surface area contributed by atoms with Gasteiger partial charge < -0.3 is 5.11 Å². The zero-order chi connectivity index (χ0) is 18.9. The average molecular weight is 380 g/mol. The Morgan fingerprint density at radius 2 is 2.12 bits per heavy atom. The van der Waals surface area contributed by atoms with Gasteiger partial charge in [-0.3, -0.25) is 14.0 Å². The maximum absolute atomic E-state index is 12.0. The van der Waals surface area contributed by atoms with Crippen molar-refractivity contribution in [3.8, 4) is 5.69 Å². The van der Waals surface area contributed by atoms with E-state index >= 15 is 0 Å². The van der Waals surface area contributed by atoms with Gasteiger partial charge in [-0.05, 0) is 24.8 Å². The first-order chi connectivity index (χ1) is 12.2. The third kappa shape index (κ3) is 4.02. The molecule has 2 aromatic rings. The minimum Gasteiger partial charge on any atom is -0.478 e. The van der Waals surface area contributed by atoms with E-state index in [0.717, 1.165) is 12.8 Å². The summed E-state index contributed by atoms with van der Waals surface area (Å²) in [5, 5.41) is 13.3. The van der Waals surface area contributed by atoms with Crippen molar-refractivity contribution in [2.45, 2.75) is 19.4 Å². The zero-order valence-corrected chi connectivity index (χ0v) is 15.1. The van der Waals surface area contributed by atoms with E-state index in [1.807, 2.05) is 0 Å². The van der Waals surface area contributed by atoms with E-state index in [4.69, 9.17) is 5.11 Å². The molecule has 3 heterocycles. The van der Waals surface area contributed by atoms with Crippen LogP contribution in [-0.4, -0.2) is 57.5 Å². The van der Waals surface area contributed by atoms with E-state index in [0.29, 0.717) is 25.3 Å². The summed E-state index contributed by atoms with van der Waals surface area (Å²) >= 11 is 0.